The number of benzene rings is 2. The van der Waals surface area contributed by atoms with Crippen LogP contribution in [0.4, 0.5) is 0 Å². The van der Waals surface area contributed by atoms with Crippen LogP contribution in [0.3, 0.4) is 0 Å². The molecule has 1 aliphatic rings. The first-order valence-corrected chi connectivity index (χ1v) is 13.6. The van der Waals surface area contributed by atoms with Crippen LogP contribution in [0.25, 0.3) is 0 Å². The molecule has 4 rings (SSSR count). The number of amides is 1. The van der Waals surface area contributed by atoms with Crippen LogP contribution in [0.2, 0.25) is 0 Å². The summed E-state index contributed by atoms with van der Waals surface area (Å²) in [4.78, 5) is 23.2. The number of nitrogens with zero attached hydrogens (tertiary/aromatic N) is 4. The number of hydrogen-bond acceptors (Lipinski definition) is 10. The normalized spacial score (nSPS) is 21.8. The fraction of sp³-hybridized carbons (Fsp3) is 0.444. The van der Waals surface area contributed by atoms with Gasteiger partial charge in [0.1, 0.15) is 0 Å². The van der Waals surface area contributed by atoms with E-state index in [1.807, 2.05) is 48.5 Å². The molecule has 0 saturated carbocycles. The summed E-state index contributed by atoms with van der Waals surface area (Å²) in [5.74, 6) is -0.207. The number of carbonyl (C=O) groups excluding carboxylic acids is 2. The van der Waals surface area contributed by atoms with Gasteiger partial charge < -0.3 is 24.6 Å². The number of hydrogen-bond donors (Lipinski definition) is 2. The molecule has 12 heteroatoms. The molecule has 0 aliphatic carbocycles. The molecule has 2 heterocycles. The van der Waals surface area contributed by atoms with E-state index in [1.165, 1.54) is 25.6 Å². The molecule has 2 N–H and O–H groups in total. The lowest BCUT2D eigenvalue weighted by Crippen LogP contribution is -2.38. The largest absolute Gasteiger partial charge is 0.453 e. The molecule has 1 aliphatic heterocycles. The van der Waals surface area contributed by atoms with Crippen molar-refractivity contribution < 1.29 is 28.9 Å². The zero-order valence-corrected chi connectivity index (χ0v) is 23.1. The van der Waals surface area contributed by atoms with Crippen molar-refractivity contribution in [2.45, 2.75) is 63.7 Å². The lowest BCUT2D eigenvalue weighted by Gasteiger charge is -2.41. The highest BCUT2D eigenvalue weighted by Crippen LogP contribution is 2.42. The van der Waals surface area contributed by atoms with Gasteiger partial charge in [-0.15, -0.1) is 5.10 Å². The molecule has 0 radical (unpaired) electrons. The minimum atomic E-state index is -0.858. The summed E-state index contributed by atoms with van der Waals surface area (Å²) in [6, 6.07) is 15.4. The van der Waals surface area contributed by atoms with E-state index in [9.17, 15) is 14.7 Å². The van der Waals surface area contributed by atoms with Crippen molar-refractivity contribution in [3.8, 4) is 0 Å². The van der Waals surface area contributed by atoms with Crippen LogP contribution < -0.4 is 5.32 Å². The van der Waals surface area contributed by atoms with Crippen molar-refractivity contribution in [3.05, 3.63) is 70.8 Å². The van der Waals surface area contributed by atoms with Gasteiger partial charge in [-0.25, -0.2) is 4.68 Å². The quantitative estimate of drug-likeness (QED) is 0.284. The maximum absolute atomic E-state index is 12.2. The highest BCUT2D eigenvalue weighted by molar-refractivity contribution is 7.99. The summed E-state index contributed by atoms with van der Waals surface area (Å²) in [5.41, 5.74) is 3.56. The van der Waals surface area contributed by atoms with Gasteiger partial charge >= 0.3 is 5.97 Å². The lowest BCUT2D eigenvalue weighted by molar-refractivity contribution is -0.268. The number of esters is 1. The number of tetrazole rings is 1. The Bertz CT molecular complexity index is 1250. The van der Waals surface area contributed by atoms with E-state index in [4.69, 9.17) is 14.2 Å². The first kappa shape index (κ1) is 28.7. The fourth-order valence-electron chi connectivity index (χ4n) is 4.24. The van der Waals surface area contributed by atoms with Crippen molar-refractivity contribution in [3.63, 3.8) is 0 Å². The highest BCUT2D eigenvalue weighted by atomic mass is 32.2. The van der Waals surface area contributed by atoms with Crippen LogP contribution in [-0.2, 0) is 44.0 Å². The highest BCUT2D eigenvalue weighted by Gasteiger charge is 2.38. The first-order valence-electron chi connectivity index (χ1n) is 12.6. The molecule has 5 atom stereocenters. The Morgan fingerprint density at radius 2 is 1.77 bits per heavy atom. The average Bonchev–Trinajstić information content (AvgIpc) is 3.35. The number of aliphatic hydroxyl groups is 1. The Hall–Kier alpha value is -3.32. The van der Waals surface area contributed by atoms with Crippen molar-refractivity contribution in [1.82, 2.24) is 25.5 Å². The topological polar surface area (TPSA) is 138 Å². The van der Waals surface area contributed by atoms with Crippen LogP contribution in [0.15, 0.2) is 53.7 Å². The standard InChI is InChI=1S/C27H33N5O6S/c1-16-23(15-39-27-29-30-31-32(27)4)37-26(38-24(16)21-9-7-20(14-33)8-10-21)22-11-5-19(6-12-22)13-28-25(35)17(2)36-18(3)34/h5-12,16-17,23-24,26,33H,13-15H2,1-4H3,(H,28,35)/t16-,17-,23+,24+,26+/m0/s1. The Morgan fingerprint density at radius 3 is 2.38 bits per heavy atom. The summed E-state index contributed by atoms with van der Waals surface area (Å²) in [6.07, 6.45) is -1.86. The van der Waals surface area contributed by atoms with E-state index in [1.54, 1.807) is 11.7 Å². The second-order valence-electron chi connectivity index (χ2n) is 9.43. The molecule has 1 aromatic heterocycles. The van der Waals surface area contributed by atoms with Crippen molar-refractivity contribution >= 4 is 23.6 Å². The number of ether oxygens (including phenoxy) is 3. The fourth-order valence-corrected chi connectivity index (χ4v) is 5.25. The van der Waals surface area contributed by atoms with Crippen molar-refractivity contribution in [2.75, 3.05) is 5.75 Å². The van der Waals surface area contributed by atoms with Gasteiger partial charge in [0.05, 0.1) is 18.8 Å². The van der Waals surface area contributed by atoms with Gasteiger partial charge in [-0.3, -0.25) is 9.59 Å². The molecule has 208 valence electrons. The Kier molecular flexibility index (Phi) is 9.68. The van der Waals surface area contributed by atoms with Gasteiger partial charge in [0.2, 0.25) is 5.16 Å². The number of carbonyl (C=O) groups is 2. The van der Waals surface area contributed by atoms with Crippen LogP contribution in [0, 0.1) is 5.92 Å². The number of aryl methyl sites for hydroxylation is 1. The molecule has 1 amide bonds. The number of rotatable bonds is 10. The molecule has 2 aromatic carbocycles. The predicted molar refractivity (Wildman–Crippen MR) is 142 cm³/mol. The minimum absolute atomic E-state index is 0.0203. The third-order valence-electron chi connectivity index (χ3n) is 6.51. The van der Waals surface area contributed by atoms with E-state index >= 15 is 0 Å². The molecule has 11 nitrogen and oxygen atoms in total. The summed E-state index contributed by atoms with van der Waals surface area (Å²) < 4.78 is 19.5. The molecular formula is C27H33N5O6S. The maximum atomic E-state index is 12.2. The summed E-state index contributed by atoms with van der Waals surface area (Å²) in [6.45, 7) is 5.17. The zero-order chi connectivity index (χ0) is 27.9. The first-order chi connectivity index (χ1) is 18.7. The SMILES string of the molecule is CC(=O)O[C@@H](C)C(=O)NCc1ccc([C@@H]2O[C@H](CSc3nnnn3C)[C@H](C)[C@H](c3ccc(CO)cc3)O2)cc1. The summed E-state index contributed by atoms with van der Waals surface area (Å²) >= 11 is 1.52. The molecule has 1 fully saturated rings. The van der Waals surface area contributed by atoms with Gasteiger partial charge in [0, 0.05) is 37.8 Å². The molecular weight excluding hydrogens is 522 g/mol. The van der Waals surface area contributed by atoms with Gasteiger partial charge in [-0.05, 0) is 34.0 Å². The van der Waals surface area contributed by atoms with Gasteiger partial charge in [0.15, 0.2) is 12.4 Å². The summed E-state index contributed by atoms with van der Waals surface area (Å²) in [7, 11) is 1.80. The number of aliphatic hydroxyl groups excluding tert-OH is 1. The molecule has 39 heavy (non-hydrogen) atoms. The van der Waals surface area contributed by atoms with E-state index in [-0.39, 0.29) is 30.6 Å². The second-order valence-corrected chi connectivity index (χ2v) is 10.4. The third-order valence-corrected chi connectivity index (χ3v) is 7.61. The van der Waals surface area contributed by atoms with Gasteiger partial charge in [-0.1, -0.05) is 67.2 Å². The third kappa shape index (κ3) is 7.41. The van der Waals surface area contributed by atoms with Crippen LogP contribution in [0.1, 0.15) is 55.4 Å². The zero-order valence-electron chi connectivity index (χ0n) is 22.3. The molecule has 0 unspecified atom stereocenters. The molecule has 3 aromatic rings. The number of thioether (sulfide) groups is 1. The summed E-state index contributed by atoms with van der Waals surface area (Å²) in [5, 5.41) is 24.6. The smallest absolute Gasteiger partial charge is 0.303 e. The molecule has 0 bridgehead atoms. The minimum Gasteiger partial charge on any atom is -0.453 e. The lowest BCUT2D eigenvalue weighted by atomic mass is 9.91. The van der Waals surface area contributed by atoms with Crippen LogP contribution >= 0.6 is 11.8 Å². The van der Waals surface area contributed by atoms with E-state index in [0.29, 0.717) is 17.5 Å². The van der Waals surface area contributed by atoms with E-state index < -0.39 is 18.4 Å². The van der Waals surface area contributed by atoms with Crippen LogP contribution in [-0.4, -0.2) is 55.2 Å². The Labute approximate surface area is 231 Å². The van der Waals surface area contributed by atoms with E-state index in [2.05, 4.69) is 27.8 Å². The van der Waals surface area contributed by atoms with E-state index in [0.717, 1.165) is 22.3 Å². The van der Waals surface area contributed by atoms with Gasteiger partial charge in [-0.2, -0.15) is 0 Å². The van der Waals surface area contributed by atoms with Crippen molar-refractivity contribution in [2.24, 2.45) is 13.0 Å². The number of aromatic nitrogens is 4. The maximum Gasteiger partial charge on any atom is 0.303 e. The van der Waals surface area contributed by atoms with Crippen LogP contribution in [0.5, 0.6) is 0 Å². The Balaban J connectivity index is 1.47. The average molecular weight is 556 g/mol. The molecule has 0 spiro atoms. The Morgan fingerprint density at radius 1 is 1.10 bits per heavy atom. The number of nitrogens with one attached hydrogen (secondary N) is 1. The molecule has 1 saturated heterocycles. The monoisotopic (exact) mass is 555 g/mol. The van der Waals surface area contributed by atoms with Gasteiger partial charge in [0.25, 0.3) is 5.91 Å². The second kappa shape index (κ2) is 13.2. The van der Waals surface area contributed by atoms with Crippen molar-refractivity contribution in [1.29, 1.82) is 0 Å². The predicted octanol–water partition coefficient (Wildman–Crippen LogP) is 2.85.